The highest BCUT2D eigenvalue weighted by molar-refractivity contribution is 6.05. The number of piperidine rings is 1. The first-order valence-corrected chi connectivity index (χ1v) is 9.27. The van der Waals surface area contributed by atoms with Crippen LogP contribution in [0.3, 0.4) is 0 Å². The van der Waals surface area contributed by atoms with Gasteiger partial charge in [0.15, 0.2) is 0 Å². The number of anilines is 2. The van der Waals surface area contributed by atoms with Crippen molar-refractivity contribution in [2.45, 2.75) is 38.6 Å². The van der Waals surface area contributed by atoms with Gasteiger partial charge in [0.2, 0.25) is 5.91 Å². The zero-order valence-electron chi connectivity index (χ0n) is 14.9. The number of carbonyl (C=O) groups excluding carboxylic acids is 2. The minimum Gasteiger partial charge on any atom is -0.450 e. The van der Waals surface area contributed by atoms with Crippen LogP contribution in [0.5, 0.6) is 0 Å². The number of benzene rings is 1. The summed E-state index contributed by atoms with van der Waals surface area (Å²) in [4.78, 5) is 30.8. The van der Waals surface area contributed by atoms with Crippen molar-refractivity contribution < 1.29 is 14.3 Å². The second kappa shape index (κ2) is 6.24. The van der Waals surface area contributed by atoms with E-state index in [1.165, 1.54) is 11.3 Å². The summed E-state index contributed by atoms with van der Waals surface area (Å²) in [5.41, 5.74) is 3.51. The van der Waals surface area contributed by atoms with Gasteiger partial charge < -0.3 is 19.4 Å². The molecule has 2 amide bonds. The third kappa shape index (κ3) is 2.46. The van der Waals surface area contributed by atoms with E-state index in [4.69, 9.17) is 4.74 Å². The lowest BCUT2D eigenvalue weighted by atomic mass is 9.89. The van der Waals surface area contributed by atoms with Crippen LogP contribution in [-0.2, 0) is 9.53 Å². The number of hydrogen-bond acceptors (Lipinski definition) is 4. The van der Waals surface area contributed by atoms with Gasteiger partial charge >= 0.3 is 6.09 Å². The van der Waals surface area contributed by atoms with E-state index in [1.807, 2.05) is 22.8 Å². The third-order valence-electron chi connectivity index (χ3n) is 5.58. The van der Waals surface area contributed by atoms with Crippen LogP contribution < -0.4 is 9.80 Å². The summed E-state index contributed by atoms with van der Waals surface area (Å²) in [5.74, 6) is 0.433. The number of nitrogens with zero attached hydrogens (tertiary/aromatic N) is 3. The Balaban J connectivity index is 1.68. The molecule has 0 spiro atoms. The van der Waals surface area contributed by atoms with Crippen molar-refractivity contribution in [3.63, 3.8) is 0 Å². The van der Waals surface area contributed by atoms with Crippen LogP contribution in [0.25, 0.3) is 0 Å². The maximum Gasteiger partial charge on any atom is 0.409 e. The van der Waals surface area contributed by atoms with Gasteiger partial charge in [-0.1, -0.05) is 19.1 Å². The molecule has 3 aliphatic rings. The van der Waals surface area contributed by atoms with Crippen LogP contribution >= 0.6 is 0 Å². The van der Waals surface area contributed by atoms with Gasteiger partial charge in [-0.3, -0.25) is 4.79 Å². The molecule has 25 heavy (non-hydrogen) atoms. The average molecular weight is 343 g/mol. The van der Waals surface area contributed by atoms with E-state index >= 15 is 0 Å². The Hall–Kier alpha value is -2.24. The number of hydrogen-bond donors (Lipinski definition) is 0. The molecule has 3 aliphatic heterocycles. The Morgan fingerprint density at radius 1 is 1.32 bits per heavy atom. The quantitative estimate of drug-likeness (QED) is 0.846. The molecular formula is C19H25N3O3. The highest BCUT2D eigenvalue weighted by Crippen LogP contribution is 2.50. The zero-order valence-corrected chi connectivity index (χ0v) is 14.9. The van der Waals surface area contributed by atoms with Gasteiger partial charge in [-0.05, 0) is 31.4 Å². The number of fused-ring (bicyclic) bond motifs is 3. The Bertz CT molecular complexity index is 705. The molecule has 0 radical (unpaired) electrons. The molecule has 134 valence electrons. The topological polar surface area (TPSA) is 53.1 Å². The Labute approximate surface area is 148 Å². The summed E-state index contributed by atoms with van der Waals surface area (Å²) in [5, 5.41) is 0. The van der Waals surface area contributed by atoms with Crippen LogP contribution in [0.2, 0.25) is 0 Å². The molecule has 4 rings (SSSR count). The van der Waals surface area contributed by atoms with Gasteiger partial charge in [-0.2, -0.15) is 0 Å². The van der Waals surface area contributed by atoms with E-state index in [0.717, 1.165) is 25.1 Å². The van der Waals surface area contributed by atoms with Gasteiger partial charge in [0.1, 0.15) is 0 Å². The molecule has 6 nitrogen and oxygen atoms in total. The first-order chi connectivity index (χ1) is 12.2. The molecule has 0 N–H and O–H groups in total. The molecular weight excluding hydrogens is 318 g/mol. The maximum atomic E-state index is 12.7. The number of amides is 2. The van der Waals surface area contributed by atoms with Crippen molar-refractivity contribution in [1.82, 2.24) is 4.90 Å². The van der Waals surface area contributed by atoms with Crippen molar-refractivity contribution in [2.75, 3.05) is 42.6 Å². The standard InChI is InChI=1S/C19H25N3O3/c1-3-9-21-16-7-5-6-13-14-11-20(19(24)25-4-2)10-8-15(14)22(18(13)16)12-17(21)23/h5-7,14-15H,3-4,8-12H2,1-2H3/t14-,15-/m0/s1. The molecule has 1 saturated heterocycles. The maximum absolute atomic E-state index is 12.7. The number of ether oxygens (including phenoxy) is 1. The van der Waals surface area contributed by atoms with E-state index < -0.39 is 0 Å². The predicted octanol–water partition coefficient (Wildman–Crippen LogP) is 2.58. The molecule has 6 heteroatoms. The average Bonchev–Trinajstić information content (AvgIpc) is 2.93. The molecule has 0 unspecified atom stereocenters. The summed E-state index contributed by atoms with van der Waals surface area (Å²) in [6, 6.07) is 6.55. The van der Waals surface area contributed by atoms with Crippen molar-refractivity contribution in [1.29, 1.82) is 0 Å². The second-order valence-electron chi connectivity index (χ2n) is 7.00. The molecule has 0 aromatic heterocycles. The lowest BCUT2D eigenvalue weighted by molar-refractivity contribution is -0.117. The Morgan fingerprint density at radius 2 is 2.16 bits per heavy atom. The fourth-order valence-corrected chi connectivity index (χ4v) is 4.57. The normalized spacial score (nSPS) is 24.2. The first kappa shape index (κ1) is 16.2. The largest absolute Gasteiger partial charge is 0.450 e. The van der Waals surface area contributed by atoms with Gasteiger partial charge in [-0.15, -0.1) is 0 Å². The lowest BCUT2D eigenvalue weighted by Crippen LogP contribution is -2.52. The summed E-state index contributed by atoms with van der Waals surface area (Å²) >= 11 is 0. The molecule has 0 aliphatic carbocycles. The van der Waals surface area contributed by atoms with Gasteiger partial charge in [0, 0.05) is 31.6 Å². The molecule has 0 bridgehead atoms. The molecule has 0 saturated carbocycles. The van der Waals surface area contributed by atoms with E-state index in [2.05, 4.69) is 24.0 Å². The lowest BCUT2D eigenvalue weighted by Gasteiger charge is -2.41. The number of likely N-dealkylation sites (tertiary alicyclic amines) is 1. The molecule has 1 aromatic rings. The van der Waals surface area contributed by atoms with Crippen molar-refractivity contribution in [3.8, 4) is 0 Å². The smallest absolute Gasteiger partial charge is 0.409 e. The van der Waals surface area contributed by atoms with Crippen molar-refractivity contribution >= 4 is 23.4 Å². The van der Waals surface area contributed by atoms with Gasteiger partial charge in [0.25, 0.3) is 0 Å². The molecule has 1 fully saturated rings. The highest BCUT2D eigenvalue weighted by atomic mass is 16.6. The van der Waals surface area contributed by atoms with E-state index in [9.17, 15) is 9.59 Å². The fourth-order valence-electron chi connectivity index (χ4n) is 4.57. The van der Waals surface area contributed by atoms with Crippen LogP contribution in [0.1, 0.15) is 38.2 Å². The minimum atomic E-state index is -0.226. The monoisotopic (exact) mass is 343 g/mol. The zero-order chi connectivity index (χ0) is 17.6. The van der Waals surface area contributed by atoms with Crippen molar-refractivity contribution in [3.05, 3.63) is 23.8 Å². The van der Waals surface area contributed by atoms with Crippen molar-refractivity contribution in [2.24, 2.45) is 0 Å². The van der Waals surface area contributed by atoms with E-state index in [1.54, 1.807) is 0 Å². The predicted molar refractivity (Wildman–Crippen MR) is 96.2 cm³/mol. The molecule has 3 heterocycles. The molecule has 1 aromatic carbocycles. The van der Waals surface area contributed by atoms with Gasteiger partial charge in [0.05, 0.1) is 24.5 Å². The van der Waals surface area contributed by atoms with E-state index in [-0.39, 0.29) is 17.9 Å². The highest BCUT2D eigenvalue weighted by Gasteiger charge is 2.47. The number of rotatable bonds is 3. The van der Waals surface area contributed by atoms with Gasteiger partial charge in [-0.25, -0.2) is 4.79 Å². The fraction of sp³-hybridized carbons (Fsp3) is 0.579. The van der Waals surface area contributed by atoms with Crippen LogP contribution in [0.4, 0.5) is 16.2 Å². The number of para-hydroxylation sites is 1. The second-order valence-corrected chi connectivity index (χ2v) is 7.00. The minimum absolute atomic E-state index is 0.181. The Morgan fingerprint density at radius 3 is 2.92 bits per heavy atom. The SMILES string of the molecule is CCCN1C(=O)CN2c3c(cccc31)[C@@H]1CN(C(=O)OCC)CC[C@@H]12. The first-order valence-electron chi connectivity index (χ1n) is 9.27. The van der Waals surface area contributed by atoms with Crippen LogP contribution in [-0.4, -0.2) is 55.7 Å². The Kier molecular flexibility index (Phi) is 4.06. The number of carbonyl (C=O) groups is 2. The summed E-state index contributed by atoms with van der Waals surface area (Å²) in [7, 11) is 0. The summed E-state index contributed by atoms with van der Waals surface area (Å²) in [6.07, 6.45) is 1.59. The van der Waals surface area contributed by atoms with E-state index in [0.29, 0.717) is 32.3 Å². The van der Waals surface area contributed by atoms with Crippen LogP contribution in [0.15, 0.2) is 18.2 Å². The van der Waals surface area contributed by atoms with Crippen LogP contribution in [0, 0.1) is 0 Å². The summed E-state index contributed by atoms with van der Waals surface area (Å²) < 4.78 is 5.18. The summed E-state index contributed by atoms with van der Waals surface area (Å²) in [6.45, 7) is 6.89. The molecule has 2 atom stereocenters. The third-order valence-corrected chi connectivity index (χ3v) is 5.58.